The van der Waals surface area contributed by atoms with E-state index in [1.807, 2.05) is 0 Å². The monoisotopic (exact) mass is 277 g/mol. The first-order chi connectivity index (χ1) is 7.00. The standard InChI is InChI=1S/C11H27NOSSi2/c1-8-10(11(13)14)9-12(15(2,3)4)16(5,6)7/h10H,8-9H2,1-7H3,(H,13,14). The average molecular weight is 278 g/mol. The van der Waals surface area contributed by atoms with E-state index in [4.69, 9.17) is 0 Å². The summed E-state index contributed by atoms with van der Waals surface area (Å²) in [5.74, 6) is 0.0989. The Bertz CT molecular complexity index is 231. The number of rotatable bonds is 6. The predicted octanol–water partition coefficient (Wildman–Crippen LogP) is 3.44. The summed E-state index contributed by atoms with van der Waals surface area (Å²) in [6.45, 7) is 17.2. The van der Waals surface area contributed by atoms with Gasteiger partial charge < -0.3 is 4.23 Å². The Labute approximate surface area is 108 Å². The summed E-state index contributed by atoms with van der Waals surface area (Å²) in [7, 11) is -2.68. The molecule has 1 unspecified atom stereocenters. The van der Waals surface area contributed by atoms with Gasteiger partial charge >= 0.3 is 0 Å². The van der Waals surface area contributed by atoms with Crippen LogP contribution in [0.5, 0.6) is 0 Å². The first-order valence-electron chi connectivity index (χ1n) is 6.00. The molecule has 0 spiro atoms. The Balaban J connectivity index is 4.88. The summed E-state index contributed by atoms with van der Waals surface area (Å²) in [4.78, 5) is 11.4. The molecule has 0 radical (unpaired) electrons. The summed E-state index contributed by atoms with van der Waals surface area (Å²) in [5.41, 5.74) is 0. The molecule has 0 bridgehead atoms. The molecule has 0 aromatic heterocycles. The van der Waals surface area contributed by atoms with Crippen LogP contribution in [0.15, 0.2) is 0 Å². The van der Waals surface area contributed by atoms with Crippen LogP contribution < -0.4 is 0 Å². The van der Waals surface area contributed by atoms with E-state index in [-0.39, 0.29) is 11.0 Å². The van der Waals surface area contributed by atoms with Gasteiger partial charge in [0.15, 0.2) is 5.12 Å². The highest BCUT2D eigenvalue weighted by Gasteiger charge is 2.36. The highest BCUT2D eigenvalue weighted by molar-refractivity contribution is 7.96. The third-order valence-electron chi connectivity index (χ3n) is 2.86. The van der Waals surface area contributed by atoms with Gasteiger partial charge in [-0.05, 0) is 13.0 Å². The van der Waals surface area contributed by atoms with E-state index < -0.39 is 16.5 Å². The lowest BCUT2D eigenvalue weighted by Crippen LogP contribution is -2.60. The summed E-state index contributed by atoms with van der Waals surface area (Å²) >= 11 is 4.00. The van der Waals surface area contributed by atoms with Gasteiger partial charge in [0.25, 0.3) is 0 Å². The van der Waals surface area contributed by atoms with Crippen LogP contribution >= 0.6 is 12.6 Å². The predicted molar refractivity (Wildman–Crippen MR) is 81.2 cm³/mol. The fourth-order valence-electron chi connectivity index (χ4n) is 2.16. The van der Waals surface area contributed by atoms with Crippen LogP contribution in [0.3, 0.4) is 0 Å². The summed E-state index contributed by atoms with van der Waals surface area (Å²) in [5, 5.41) is 0.0454. The molecule has 5 heteroatoms. The molecular formula is C11H27NOSSi2. The molecule has 0 aliphatic rings. The molecule has 0 saturated carbocycles. The van der Waals surface area contributed by atoms with Crippen molar-refractivity contribution in [3.63, 3.8) is 0 Å². The SMILES string of the molecule is CCC(CN([Si](C)(C)C)[Si](C)(C)C)C(=O)S. The summed E-state index contributed by atoms with van der Waals surface area (Å²) in [6, 6.07) is 0. The maximum absolute atomic E-state index is 11.4. The fourth-order valence-corrected chi connectivity index (χ4v) is 12.0. The van der Waals surface area contributed by atoms with Gasteiger partial charge in [-0.15, -0.1) is 12.6 Å². The summed E-state index contributed by atoms with van der Waals surface area (Å²) in [6.07, 6.45) is 0.897. The molecule has 1 atom stereocenters. The molecule has 0 N–H and O–H groups in total. The van der Waals surface area contributed by atoms with Crippen LogP contribution in [0.25, 0.3) is 0 Å². The normalized spacial score (nSPS) is 15.3. The Hall–Kier alpha value is 0.414. The Kier molecular flexibility index (Phi) is 5.99. The highest BCUT2D eigenvalue weighted by atomic mass is 32.1. The van der Waals surface area contributed by atoms with E-state index in [9.17, 15) is 4.79 Å². The number of carbonyl (C=O) groups is 1. The van der Waals surface area contributed by atoms with Gasteiger partial charge in [0, 0.05) is 5.92 Å². The lowest BCUT2D eigenvalue weighted by Gasteiger charge is -2.44. The maximum Gasteiger partial charge on any atom is 0.190 e. The van der Waals surface area contributed by atoms with Gasteiger partial charge in [-0.1, -0.05) is 46.2 Å². The Morgan fingerprint density at radius 3 is 1.69 bits per heavy atom. The van der Waals surface area contributed by atoms with E-state index in [0.29, 0.717) is 0 Å². The molecule has 96 valence electrons. The molecule has 0 aromatic carbocycles. The van der Waals surface area contributed by atoms with Crippen molar-refractivity contribution < 1.29 is 4.79 Å². The van der Waals surface area contributed by atoms with Crippen molar-refractivity contribution in [1.29, 1.82) is 0 Å². The second kappa shape index (κ2) is 5.84. The fraction of sp³-hybridized carbons (Fsp3) is 0.909. The smallest absolute Gasteiger partial charge is 0.190 e. The van der Waals surface area contributed by atoms with Crippen molar-refractivity contribution in [2.75, 3.05) is 6.54 Å². The molecule has 0 aliphatic heterocycles. The van der Waals surface area contributed by atoms with Crippen molar-refractivity contribution in [1.82, 2.24) is 4.23 Å². The van der Waals surface area contributed by atoms with Crippen LogP contribution in [0.2, 0.25) is 39.3 Å². The van der Waals surface area contributed by atoms with Crippen LogP contribution in [-0.2, 0) is 4.79 Å². The first-order valence-corrected chi connectivity index (χ1v) is 13.3. The first kappa shape index (κ1) is 16.4. The lowest BCUT2D eigenvalue weighted by atomic mass is 10.1. The minimum atomic E-state index is -1.34. The number of thiol groups is 1. The Morgan fingerprint density at radius 2 is 1.50 bits per heavy atom. The van der Waals surface area contributed by atoms with Crippen molar-refractivity contribution in [3.05, 3.63) is 0 Å². The summed E-state index contributed by atoms with van der Waals surface area (Å²) < 4.78 is 2.66. The molecule has 0 saturated heterocycles. The van der Waals surface area contributed by atoms with Crippen LogP contribution in [0.1, 0.15) is 13.3 Å². The Morgan fingerprint density at radius 1 is 1.12 bits per heavy atom. The van der Waals surface area contributed by atoms with Gasteiger partial charge in [0.2, 0.25) is 0 Å². The van der Waals surface area contributed by atoms with E-state index in [2.05, 4.69) is 63.1 Å². The number of hydrogen-bond donors (Lipinski definition) is 1. The largest absolute Gasteiger partial charge is 0.345 e. The molecule has 0 aromatic rings. The van der Waals surface area contributed by atoms with Crippen LogP contribution in [-0.4, -0.2) is 32.4 Å². The van der Waals surface area contributed by atoms with Gasteiger partial charge in [0.05, 0.1) is 0 Å². The lowest BCUT2D eigenvalue weighted by molar-refractivity contribution is -0.114. The number of hydrogen-bond acceptors (Lipinski definition) is 2. The number of carbonyl (C=O) groups excluding carboxylic acids is 1. The molecule has 0 amide bonds. The third-order valence-corrected chi connectivity index (χ3v) is 10.9. The van der Waals surface area contributed by atoms with Crippen molar-refractivity contribution in [2.24, 2.45) is 5.92 Å². The third kappa shape index (κ3) is 5.16. The topological polar surface area (TPSA) is 20.3 Å². The average Bonchev–Trinajstić information content (AvgIpc) is 1.99. The molecular weight excluding hydrogens is 250 g/mol. The van der Waals surface area contributed by atoms with E-state index in [1.165, 1.54) is 0 Å². The molecule has 0 aliphatic carbocycles. The quantitative estimate of drug-likeness (QED) is 0.593. The zero-order valence-electron chi connectivity index (χ0n) is 11.8. The van der Waals surface area contributed by atoms with Crippen molar-refractivity contribution in [2.45, 2.75) is 52.6 Å². The van der Waals surface area contributed by atoms with Crippen LogP contribution in [0.4, 0.5) is 0 Å². The second-order valence-corrected chi connectivity index (χ2v) is 17.0. The second-order valence-electron chi connectivity index (χ2n) is 6.40. The van der Waals surface area contributed by atoms with Gasteiger partial charge in [-0.25, -0.2) is 0 Å². The molecule has 0 heterocycles. The van der Waals surface area contributed by atoms with Crippen LogP contribution in [0, 0.1) is 5.92 Å². The molecule has 0 rings (SSSR count). The molecule has 2 nitrogen and oxygen atoms in total. The number of nitrogens with zero attached hydrogens (tertiary/aromatic N) is 1. The highest BCUT2D eigenvalue weighted by Crippen LogP contribution is 2.23. The molecule has 16 heavy (non-hydrogen) atoms. The van der Waals surface area contributed by atoms with Gasteiger partial charge in [0.1, 0.15) is 16.5 Å². The minimum absolute atomic E-state index is 0.0454. The van der Waals surface area contributed by atoms with Crippen molar-refractivity contribution >= 4 is 34.2 Å². The zero-order valence-corrected chi connectivity index (χ0v) is 14.7. The van der Waals surface area contributed by atoms with E-state index in [0.717, 1.165) is 13.0 Å². The van der Waals surface area contributed by atoms with E-state index >= 15 is 0 Å². The van der Waals surface area contributed by atoms with E-state index in [1.54, 1.807) is 0 Å². The van der Waals surface area contributed by atoms with Gasteiger partial charge in [-0.3, -0.25) is 4.79 Å². The van der Waals surface area contributed by atoms with Gasteiger partial charge in [-0.2, -0.15) is 0 Å². The zero-order chi connectivity index (χ0) is 13.1. The van der Waals surface area contributed by atoms with Crippen molar-refractivity contribution in [3.8, 4) is 0 Å². The minimum Gasteiger partial charge on any atom is -0.345 e. The maximum atomic E-state index is 11.4. The molecule has 0 fully saturated rings.